The Kier molecular flexibility index (Phi) is 7.10. The Bertz CT molecular complexity index is 959. The second-order valence-corrected chi connectivity index (χ2v) is 8.57. The monoisotopic (exact) mass is 422 g/mol. The summed E-state index contributed by atoms with van der Waals surface area (Å²) < 4.78 is 31.3. The van der Waals surface area contributed by atoms with E-state index >= 15 is 0 Å². The summed E-state index contributed by atoms with van der Waals surface area (Å²) in [4.78, 5) is 12.7. The van der Waals surface area contributed by atoms with E-state index in [-0.39, 0.29) is 0 Å². The largest absolute Gasteiger partial charge is 0.490 e. The van der Waals surface area contributed by atoms with Gasteiger partial charge < -0.3 is 10.1 Å². The van der Waals surface area contributed by atoms with Crippen LogP contribution in [0.1, 0.15) is 12.5 Å². The molecule has 0 aliphatic carbocycles. The van der Waals surface area contributed by atoms with Gasteiger partial charge in [0.05, 0.1) is 11.9 Å². The van der Waals surface area contributed by atoms with Crippen molar-refractivity contribution in [1.82, 2.24) is 0 Å². The van der Waals surface area contributed by atoms with E-state index < -0.39 is 22.0 Å². The van der Waals surface area contributed by atoms with Crippen LogP contribution in [0.4, 0.5) is 11.4 Å². The molecule has 6 nitrogen and oxygen atoms in total. The molecule has 8 heteroatoms. The van der Waals surface area contributed by atoms with Crippen molar-refractivity contribution in [3.05, 3.63) is 65.7 Å². The highest BCUT2D eigenvalue weighted by Gasteiger charge is 2.30. The van der Waals surface area contributed by atoms with Crippen LogP contribution in [0.3, 0.4) is 0 Å². The summed E-state index contributed by atoms with van der Waals surface area (Å²) in [6, 6.07) is 10.7. The fraction of sp³-hybridized carbons (Fsp3) is 0.250. The number of ether oxygens (including phenoxy) is 1. The lowest BCUT2D eigenvalue weighted by molar-refractivity contribution is -0.116. The summed E-state index contributed by atoms with van der Waals surface area (Å²) in [6.07, 6.45) is 2.69. The minimum Gasteiger partial charge on any atom is -0.490 e. The molecule has 0 saturated heterocycles. The fourth-order valence-electron chi connectivity index (χ4n) is 2.64. The average Bonchev–Trinajstić information content (AvgIpc) is 2.63. The van der Waals surface area contributed by atoms with Gasteiger partial charge in [0, 0.05) is 10.7 Å². The van der Waals surface area contributed by atoms with E-state index in [0.717, 1.165) is 10.6 Å². The van der Waals surface area contributed by atoms with Crippen LogP contribution in [0.15, 0.2) is 55.1 Å². The van der Waals surface area contributed by atoms with E-state index in [0.29, 0.717) is 34.3 Å². The lowest BCUT2D eigenvalue weighted by atomic mass is 10.1. The van der Waals surface area contributed by atoms with Crippen LogP contribution in [-0.2, 0) is 14.8 Å². The van der Waals surface area contributed by atoms with Crippen LogP contribution in [0.25, 0.3) is 0 Å². The van der Waals surface area contributed by atoms with Crippen LogP contribution in [-0.4, -0.2) is 33.2 Å². The number of hydrogen-bond donors (Lipinski definition) is 1. The van der Waals surface area contributed by atoms with Crippen LogP contribution >= 0.6 is 11.6 Å². The zero-order valence-corrected chi connectivity index (χ0v) is 17.5. The molecule has 2 rings (SSSR count). The van der Waals surface area contributed by atoms with Gasteiger partial charge in [0.1, 0.15) is 18.4 Å². The van der Waals surface area contributed by atoms with Crippen molar-refractivity contribution in [2.75, 3.05) is 22.5 Å². The average molecular weight is 423 g/mol. The van der Waals surface area contributed by atoms with Crippen LogP contribution in [0.2, 0.25) is 5.02 Å². The molecule has 150 valence electrons. The van der Waals surface area contributed by atoms with Gasteiger partial charge in [-0.25, -0.2) is 8.42 Å². The number of aryl methyl sites for hydroxylation is 1. The van der Waals surface area contributed by atoms with Crippen molar-refractivity contribution in [2.45, 2.75) is 19.9 Å². The molecule has 0 unspecified atom stereocenters. The third-order valence-electron chi connectivity index (χ3n) is 3.99. The van der Waals surface area contributed by atoms with Crippen LogP contribution in [0.5, 0.6) is 5.75 Å². The molecule has 0 aliphatic heterocycles. The molecule has 0 spiro atoms. The molecule has 1 N–H and O–H groups in total. The number of hydrogen-bond acceptors (Lipinski definition) is 4. The fourth-order valence-corrected chi connectivity index (χ4v) is 4.03. The van der Waals surface area contributed by atoms with Crippen molar-refractivity contribution < 1.29 is 17.9 Å². The quantitative estimate of drug-likeness (QED) is 0.652. The number of nitrogens with one attached hydrogen (secondary N) is 1. The molecule has 0 bridgehead atoms. The standard InChI is InChI=1S/C20H23ClN2O4S/c1-5-12-27-18-10-8-17(9-11-18)22-20(24)15(3)23(28(4,25)26)19-13-16(21)7-6-14(19)2/h5-11,13,15H,1,12H2,2-4H3,(H,22,24)/t15-/m1/s1. The molecule has 0 aromatic heterocycles. The van der Waals surface area contributed by atoms with E-state index in [4.69, 9.17) is 16.3 Å². The number of carbonyl (C=O) groups is 1. The van der Waals surface area contributed by atoms with Crippen molar-refractivity contribution in [3.8, 4) is 5.75 Å². The molecule has 0 aliphatic rings. The SMILES string of the molecule is C=CCOc1ccc(NC(=O)[C@@H](C)N(c2cc(Cl)ccc2C)S(C)(=O)=O)cc1. The second-order valence-electron chi connectivity index (χ2n) is 6.28. The van der Waals surface area contributed by atoms with Gasteiger partial charge in [-0.05, 0) is 55.8 Å². The number of anilines is 2. The first-order valence-electron chi connectivity index (χ1n) is 8.53. The number of sulfonamides is 1. The Morgan fingerprint density at radius 2 is 1.93 bits per heavy atom. The van der Waals surface area contributed by atoms with E-state index in [1.165, 1.54) is 13.0 Å². The molecule has 1 atom stereocenters. The maximum Gasteiger partial charge on any atom is 0.247 e. The Morgan fingerprint density at radius 3 is 2.50 bits per heavy atom. The molecule has 2 aromatic carbocycles. The minimum absolute atomic E-state index is 0.367. The van der Waals surface area contributed by atoms with Crippen molar-refractivity contribution in [1.29, 1.82) is 0 Å². The van der Waals surface area contributed by atoms with E-state index in [1.54, 1.807) is 49.4 Å². The molecule has 1 amide bonds. The first-order valence-corrected chi connectivity index (χ1v) is 10.8. The highest BCUT2D eigenvalue weighted by molar-refractivity contribution is 7.92. The predicted molar refractivity (Wildman–Crippen MR) is 114 cm³/mol. The number of rotatable bonds is 8. The summed E-state index contributed by atoms with van der Waals surface area (Å²) in [5.41, 5.74) is 1.59. The summed E-state index contributed by atoms with van der Waals surface area (Å²) >= 11 is 6.04. The van der Waals surface area contributed by atoms with E-state index in [2.05, 4.69) is 11.9 Å². The number of carbonyl (C=O) groups excluding carboxylic acids is 1. The first-order chi connectivity index (χ1) is 13.1. The number of amides is 1. The lowest BCUT2D eigenvalue weighted by Crippen LogP contribution is -2.45. The Labute approximate surface area is 170 Å². The van der Waals surface area contributed by atoms with Crippen LogP contribution in [0, 0.1) is 6.92 Å². The highest BCUT2D eigenvalue weighted by Crippen LogP contribution is 2.28. The first kappa shape index (κ1) is 21.8. The van der Waals surface area contributed by atoms with Crippen LogP contribution < -0.4 is 14.4 Å². The zero-order chi connectivity index (χ0) is 20.9. The molecular weight excluding hydrogens is 400 g/mol. The smallest absolute Gasteiger partial charge is 0.247 e. The van der Waals surface area contributed by atoms with Gasteiger partial charge in [-0.3, -0.25) is 9.10 Å². The van der Waals surface area contributed by atoms with Gasteiger partial charge in [0.25, 0.3) is 0 Å². The van der Waals surface area contributed by atoms with Crippen molar-refractivity contribution in [2.24, 2.45) is 0 Å². The maximum atomic E-state index is 12.7. The predicted octanol–water partition coefficient (Wildman–Crippen LogP) is 4.01. The molecular formula is C20H23ClN2O4S. The molecule has 28 heavy (non-hydrogen) atoms. The lowest BCUT2D eigenvalue weighted by Gasteiger charge is -2.29. The van der Waals surface area contributed by atoms with E-state index in [1.807, 2.05) is 0 Å². The Hall–Kier alpha value is -2.51. The van der Waals surface area contributed by atoms with Gasteiger partial charge in [-0.1, -0.05) is 30.3 Å². The topological polar surface area (TPSA) is 75.7 Å². The number of halogens is 1. The summed E-state index contributed by atoms with van der Waals surface area (Å²) in [7, 11) is -3.73. The zero-order valence-electron chi connectivity index (χ0n) is 16.0. The Balaban J connectivity index is 2.24. The van der Waals surface area contributed by atoms with Crippen molar-refractivity contribution in [3.63, 3.8) is 0 Å². The van der Waals surface area contributed by atoms with E-state index in [9.17, 15) is 13.2 Å². The third kappa shape index (κ3) is 5.50. The molecule has 2 aromatic rings. The summed E-state index contributed by atoms with van der Waals surface area (Å²) in [5, 5.41) is 3.11. The second kappa shape index (κ2) is 9.12. The van der Waals surface area contributed by atoms with Gasteiger partial charge in [0.2, 0.25) is 15.9 Å². The van der Waals surface area contributed by atoms with Gasteiger partial charge in [-0.15, -0.1) is 0 Å². The van der Waals surface area contributed by atoms with Gasteiger partial charge in [0.15, 0.2) is 0 Å². The minimum atomic E-state index is -3.73. The molecule has 0 fully saturated rings. The molecule has 0 heterocycles. The van der Waals surface area contributed by atoms with Gasteiger partial charge >= 0.3 is 0 Å². The maximum absolute atomic E-state index is 12.7. The number of nitrogens with zero attached hydrogens (tertiary/aromatic N) is 1. The molecule has 0 radical (unpaired) electrons. The highest BCUT2D eigenvalue weighted by atomic mass is 35.5. The van der Waals surface area contributed by atoms with Gasteiger partial charge in [-0.2, -0.15) is 0 Å². The van der Waals surface area contributed by atoms with Crippen molar-refractivity contribution >= 4 is 38.9 Å². The molecule has 0 saturated carbocycles. The summed E-state index contributed by atoms with van der Waals surface area (Å²) in [6.45, 7) is 7.25. The third-order valence-corrected chi connectivity index (χ3v) is 5.45. The number of benzene rings is 2. The Morgan fingerprint density at radius 1 is 1.29 bits per heavy atom. The normalized spacial score (nSPS) is 12.1. The summed E-state index contributed by atoms with van der Waals surface area (Å²) in [5.74, 6) is 0.169.